The molecular weight excluding hydrogens is 331 g/mol. The monoisotopic (exact) mass is 342 g/mol. The number of alkyl halides is 1. The minimum atomic E-state index is -0.168. The lowest BCUT2D eigenvalue weighted by Crippen LogP contribution is -2.15. The fourth-order valence-corrected chi connectivity index (χ4v) is 2.88. The van der Waals surface area contributed by atoms with E-state index in [1.807, 2.05) is 30.3 Å². The van der Waals surface area contributed by atoms with Gasteiger partial charge in [0.05, 0.1) is 15.4 Å². The number of halogens is 3. The first-order valence-corrected chi connectivity index (χ1v) is 7.80. The van der Waals surface area contributed by atoms with Gasteiger partial charge in [-0.25, -0.2) is 0 Å². The summed E-state index contributed by atoms with van der Waals surface area (Å²) in [7, 11) is 0. The van der Waals surface area contributed by atoms with Crippen LogP contribution in [0.15, 0.2) is 36.4 Å². The van der Waals surface area contributed by atoms with Gasteiger partial charge < -0.3 is 9.47 Å². The lowest BCUT2D eigenvalue weighted by molar-refractivity contribution is 0.171. The maximum atomic E-state index is 6.50. The Kier molecular flexibility index (Phi) is 4.48. The Hall–Kier alpha value is -1.09. The van der Waals surface area contributed by atoms with Crippen molar-refractivity contribution >= 4 is 34.8 Å². The van der Waals surface area contributed by atoms with Crippen LogP contribution in [0.4, 0.5) is 0 Å². The van der Waals surface area contributed by atoms with Crippen molar-refractivity contribution in [3.63, 3.8) is 0 Å². The molecule has 110 valence electrons. The highest BCUT2D eigenvalue weighted by Crippen LogP contribution is 2.36. The maximum absolute atomic E-state index is 6.50. The van der Waals surface area contributed by atoms with Crippen LogP contribution in [0.1, 0.15) is 16.5 Å². The quantitative estimate of drug-likeness (QED) is 0.705. The topological polar surface area (TPSA) is 18.5 Å². The lowest BCUT2D eigenvalue weighted by Gasteiger charge is -2.20. The van der Waals surface area contributed by atoms with Gasteiger partial charge in [0.1, 0.15) is 13.2 Å². The molecule has 3 rings (SSSR count). The van der Waals surface area contributed by atoms with E-state index in [4.69, 9.17) is 44.3 Å². The van der Waals surface area contributed by atoms with Gasteiger partial charge >= 0.3 is 0 Å². The van der Waals surface area contributed by atoms with Crippen LogP contribution in [-0.2, 0) is 6.42 Å². The molecule has 0 saturated carbocycles. The van der Waals surface area contributed by atoms with Crippen molar-refractivity contribution < 1.29 is 9.47 Å². The summed E-state index contributed by atoms with van der Waals surface area (Å²) >= 11 is 18.4. The summed E-state index contributed by atoms with van der Waals surface area (Å²) in [4.78, 5) is 0. The largest absolute Gasteiger partial charge is 0.486 e. The molecule has 2 aromatic carbocycles. The summed E-state index contributed by atoms with van der Waals surface area (Å²) in [5.74, 6) is 1.52. The highest BCUT2D eigenvalue weighted by atomic mass is 35.5. The van der Waals surface area contributed by atoms with Crippen molar-refractivity contribution in [2.45, 2.75) is 11.8 Å². The molecule has 0 amide bonds. The standard InChI is InChI=1S/C16H13Cl3O2/c17-12-3-1-10(8-14(12)19)7-13(18)11-2-4-15-16(9-11)21-6-5-20-15/h1-4,8-9,13H,5-7H2. The molecule has 0 radical (unpaired) electrons. The normalized spacial score (nSPS) is 14.8. The predicted molar refractivity (Wildman–Crippen MR) is 86.2 cm³/mol. The molecule has 0 bridgehead atoms. The summed E-state index contributed by atoms with van der Waals surface area (Å²) < 4.78 is 11.1. The Morgan fingerprint density at radius 1 is 0.905 bits per heavy atom. The SMILES string of the molecule is Clc1ccc(CC(Cl)c2ccc3c(c2)OCCO3)cc1Cl. The van der Waals surface area contributed by atoms with Gasteiger partial charge in [-0.1, -0.05) is 35.3 Å². The molecule has 1 atom stereocenters. The first-order chi connectivity index (χ1) is 10.1. The van der Waals surface area contributed by atoms with E-state index in [0.717, 1.165) is 22.6 Å². The van der Waals surface area contributed by atoms with Crippen molar-refractivity contribution in [2.24, 2.45) is 0 Å². The first-order valence-electron chi connectivity index (χ1n) is 6.61. The molecule has 0 spiro atoms. The van der Waals surface area contributed by atoms with Crippen molar-refractivity contribution in [2.75, 3.05) is 13.2 Å². The molecule has 1 aliphatic heterocycles. The highest BCUT2D eigenvalue weighted by Gasteiger charge is 2.16. The van der Waals surface area contributed by atoms with Crippen LogP contribution in [0.2, 0.25) is 10.0 Å². The number of ether oxygens (including phenoxy) is 2. The molecule has 5 heteroatoms. The number of rotatable bonds is 3. The lowest BCUT2D eigenvalue weighted by atomic mass is 10.0. The van der Waals surface area contributed by atoms with E-state index in [1.165, 1.54) is 0 Å². The van der Waals surface area contributed by atoms with Gasteiger partial charge in [0.25, 0.3) is 0 Å². The second-order valence-electron chi connectivity index (χ2n) is 4.82. The zero-order chi connectivity index (χ0) is 14.8. The van der Waals surface area contributed by atoms with E-state index < -0.39 is 0 Å². The van der Waals surface area contributed by atoms with Crippen LogP contribution in [-0.4, -0.2) is 13.2 Å². The van der Waals surface area contributed by atoms with Crippen molar-refractivity contribution in [3.05, 3.63) is 57.6 Å². The van der Waals surface area contributed by atoms with Gasteiger partial charge in [0.2, 0.25) is 0 Å². The second-order valence-corrected chi connectivity index (χ2v) is 6.16. The minimum Gasteiger partial charge on any atom is -0.486 e. The Morgan fingerprint density at radius 3 is 2.43 bits per heavy atom. The van der Waals surface area contributed by atoms with E-state index in [1.54, 1.807) is 6.07 Å². The Bertz CT molecular complexity index is 658. The first kappa shape index (κ1) is 14.8. The van der Waals surface area contributed by atoms with Gasteiger partial charge in [0.15, 0.2) is 11.5 Å². The molecule has 1 heterocycles. The predicted octanol–water partition coefficient (Wildman–Crippen LogP) is 5.29. The summed E-state index contributed by atoms with van der Waals surface area (Å²) in [5.41, 5.74) is 2.03. The number of benzene rings is 2. The van der Waals surface area contributed by atoms with Crippen LogP contribution in [0.3, 0.4) is 0 Å². The van der Waals surface area contributed by atoms with Crippen LogP contribution >= 0.6 is 34.8 Å². The van der Waals surface area contributed by atoms with Crippen LogP contribution < -0.4 is 9.47 Å². The minimum absolute atomic E-state index is 0.168. The van der Waals surface area contributed by atoms with Crippen LogP contribution in [0.5, 0.6) is 11.5 Å². The molecule has 0 fully saturated rings. The van der Waals surface area contributed by atoms with Gasteiger partial charge in [-0.15, -0.1) is 11.6 Å². The summed E-state index contributed by atoms with van der Waals surface area (Å²) in [6.07, 6.45) is 0.665. The number of hydrogen-bond donors (Lipinski definition) is 0. The van der Waals surface area contributed by atoms with E-state index >= 15 is 0 Å². The zero-order valence-corrected chi connectivity index (χ0v) is 13.4. The van der Waals surface area contributed by atoms with E-state index in [2.05, 4.69) is 0 Å². The second kappa shape index (κ2) is 6.35. The molecule has 21 heavy (non-hydrogen) atoms. The highest BCUT2D eigenvalue weighted by molar-refractivity contribution is 6.42. The summed E-state index contributed by atoms with van der Waals surface area (Å²) in [6, 6.07) is 11.4. The molecule has 2 aromatic rings. The van der Waals surface area contributed by atoms with Crippen molar-refractivity contribution in [1.29, 1.82) is 0 Å². The Balaban J connectivity index is 1.78. The Labute approximate surface area is 138 Å². The van der Waals surface area contributed by atoms with E-state index in [9.17, 15) is 0 Å². The van der Waals surface area contributed by atoms with Crippen molar-refractivity contribution in [3.8, 4) is 11.5 Å². The molecule has 0 aliphatic carbocycles. The third-order valence-electron chi connectivity index (χ3n) is 3.33. The van der Waals surface area contributed by atoms with E-state index in [-0.39, 0.29) is 5.38 Å². The third-order valence-corrected chi connectivity index (χ3v) is 4.47. The average Bonchev–Trinajstić information content (AvgIpc) is 2.50. The molecule has 0 aromatic heterocycles. The fourth-order valence-electron chi connectivity index (χ4n) is 2.25. The molecule has 1 unspecified atom stereocenters. The third kappa shape index (κ3) is 3.39. The fraction of sp³-hybridized carbons (Fsp3) is 0.250. The molecule has 1 aliphatic rings. The van der Waals surface area contributed by atoms with Gasteiger partial charge in [-0.2, -0.15) is 0 Å². The van der Waals surface area contributed by atoms with Crippen molar-refractivity contribution in [1.82, 2.24) is 0 Å². The zero-order valence-electron chi connectivity index (χ0n) is 11.1. The summed E-state index contributed by atoms with van der Waals surface area (Å²) in [6.45, 7) is 1.15. The smallest absolute Gasteiger partial charge is 0.161 e. The number of hydrogen-bond acceptors (Lipinski definition) is 2. The van der Waals surface area contributed by atoms with Crippen LogP contribution in [0, 0.1) is 0 Å². The molecule has 0 N–H and O–H groups in total. The van der Waals surface area contributed by atoms with Gasteiger partial charge in [-0.3, -0.25) is 0 Å². The summed E-state index contributed by atoms with van der Waals surface area (Å²) in [5, 5.41) is 0.921. The van der Waals surface area contributed by atoms with Gasteiger partial charge in [-0.05, 0) is 41.8 Å². The maximum Gasteiger partial charge on any atom is 0.161 e. The van der Waals surface area contributed by atoms with E-state index in [0.29, 0.717) is 29.7 Å². The Morgan fingerprint density at radius 2 is 1.67 bits per heavy atom. The van der Waals surface area contributed by atoms with Crippen LogP contribution in [0.25, 0.3) is 0 Å². The average molecular weight is 344 g/mol. The number of fused-ring (bicyclic) bond motifs is 1. The molecular formula is C16H13Cl3O2. The molecule has 2 nitrogen and oxygen atoms in total. The molecule has 0 saturated heterocycles. The van der Waals surface area contributed by atoms with Gasteiger partial charge in [0, 0.05) is 0 Å².